The molecule has 0 atom stereocenters. The van der Waals surface area contributed by atoms with Crippen LogP contribution in [0, 0.1) is 0 Å². The molecule has 0 fully saturated rings. The zero-order chi connectivity index (χ0) is 19.0. The number of halogens is 4. The number of hydrogen-bond acceptors (Lipinski definition) is 3. The SMILES string of the molecule is CN=C(NCCC(=O)N(C)C)NCc1cc(Cl)cc(Cl)c1OC(F)F. The summed E-state index contributed by atoms with van der Waals surface area (Å²) in [7, 11) is 4.89. The topological polar surface area (TPSA) is 66.0 Å². The summed E-state index contributed by atoms with van der Waals surface area (Å²) in [5.41, 5.74) is 0.352. The van der Waals surface area contributed by atoms with Crippen LogP contribution in [-0.4, -0.2) is 51.1 Å². The molecular formula is C15H20Cl2F2N4O2. The van der Waals surface area contributed by atoms with Gasteiger partial charge in [0.25, 0.3) is 0 Å². The summed E-state index contributed by atoms with van der Waals surface area (Å²) in [5, 5.41) is 6.16. The van der Waals surface area contributed by atoms with Crippen LogP contribution in [-0.2, 0) is 11.3 Å². The zero-order valence-electron chi connectivity index (χ0n) is 14.1. The molecule has 0 aliphatic heterocycles. The molecule has 0 heterocycles. The van der Waals surface area contributed by atoms with E-state index >= 15 is 0 Å². The highest BCUT2D eigenvalue weighted by Crippen LogP contribution is 2.33. The van der Waals surface area contributed by atoms with Gasteiger partial charge >= 0.3 is 6.61 Å². The van der Waals surface area contributed by atoms with Crippen molar-refractivity contribution in [3.63, 3.8) is 0 Å². The normalized spacial score (nSPS) is 11.4. The van der Waals surface area contributed by atoms with E-state index in [9.17, 15) is 13.6 Å². The number of ether oxygens (including phenoxy) is 1. The first-order chi connectivity index (χ1) is 11.7. The summed E-state index contributed by atoms with van der Waals surface area (Å²) in [5.74, 6) is 0.217. The number of hydrogen-bond donors (Lipinski definition) is 2. The Hall–Kier alpha value is -1.80. The van der Waals surface area contributed by atoms with Crippen LogP contribution in [0.25, 0.3) is 0 Å². The van der Waals surface area contributed by atoms with Crippen LogP contribution in [0.4, 0.5) is 8.78 Å². The first kappa shape index (κ1) is 21.2. The monoisotopic (exact) mass is 396 g/mol. The molecule has 1 aromatic carbocycles. The highest BCUT2D eigenvalue weighted by atomic mass is 35.5. The van der Waals surface area contributed by atoms with E-state index in [0.29, 0.717) is 23.1 Å². The van der Waals surface area contributed by atoms with Gasteiger partial charge in [0.1, 0.15) is 5.75 Å². The second-order valence-corrected chi connectivity index (χ2v) is 5.99. The lowest BCUT2D eigenvalue weighted by Crippen LogP contribution is -2.38. The zero-order valence-corrected chi connectivity index (χ0v) is 15.6. The fourth-order valence-electron chi connectivity index (χ4n) is 1.88. The van der Waals surface area contributed by atoms with Gasteiger partial charge in [0.2, 0.25) is 5.91 Å². The van der Waals surface area contributed by atoms with Crippen molar-refractivity contribution >= 4 is 35.1 Å². The number of benzene rings is 1. The molecule has 0 radical (unpaired) electrons. The van der Waals surface area contributed by atoms with Gasteiger partial charge < -0.3 is 20.3 Å². The standard InChI is InChI=1S/C15H20Cl2F2N4O2/c1-20-15(21-5-4-12(24)23(2)3)22-8-9-6-10(16)7-11(17)13(9)25-14(18)19/h6-7,14H,4-5,8H2,1-3H3,(H2,20,21,22). The minimum Gasteiger partial charge on any atom is -0.433 e. The van der Waals surface area contributed by atoms with Crippen LogP contribution >= 0.6 is 23.2 Å². The number of alkyl halides is 2. The Kier molecular flexibility index (Phi) is 8.71. The average molecular weight is 397 g/mol. The fourth-order valence-corrected chi connectivity index (χ4v) is 2.46. The first-order valence-corrected chi connectivity index (χ1v) is 8.07. The lowest BCUT2D eigenvalue weighted by atomic mass is 10.2. The highest BCUT2D eigenvalue weighted by molar-refractivity contribution is 6.35. The summed E-state index contributed by atoms with van der Waals surface area (Å²) in [6.07, 6.45) is 0.288. The van der Waals surface area contributed by atoms with Crippen LogP contribution < -0.4 is 15.4 Å². The van der Waals surface area contributed by atoms with Crippen molar-refractivity contribution in [2.75, 3.05) is 27.7 Å². The predicted octanol–water partition coefficient (Wildman–Crippen LogP) is 2.74. The summed E-state index contributed by atoms with van der Waals surface area (Å²) in [4.78, 5) is 17.0. The Bertz CT molecular complexity index is 628. The highest BCUT2D eigenvalue weighted by Gasteiger charge is 2.15. The number of aliphatic imine (C=N–C) groups is 1. The van der Waals surface area contributed by atoms with Gasteiger partial charge in [-0.15, -0.1) is 0 Å². The maximum absolute atomic E-state index is 12.5. The van der Waals surface area contributed by atoms with Crippen LogP contribution in [0.1, 0.15) is 12.0 Å². The van der Waals surface area contributed by atoms with Crippen molar-refractivity contribution in [2.24, 2.45) is 4.99 Å². The Balaban J connectivity index is 2.70. The molecule has 0 saturated heterocycles. The van der Waals surface area contributed by atoms with Gasteiger partial charge in [-0.05, 0) is 12.1 Å². The second kappa shape index (κ2) is 10.2. The van der Waals surface area contributed by atoms with E-state index in [1.165, 1.54) is 17.0 Å². The molecule has 2 N–H and O–H groups in total. The molecule has 0 saturated carbocycles. The molecule has 10 heteroatoms. The van der Waals surface area contributed by atoms with Crippen LogP contribution in [0.3, 0.4) is 0 Å². The van der Waals surface area contributed by atoms with Gasteiger partial charge in [0.05, 0.1) is 5.02 Å². The molecule has 25 heavy (non-hydrogen) atoms. The largest absolute Gasteiger partial charge is 0.433 e. The summed E-state index contributed by atoms with van der Waals surface area (Å²) in [6, 6.07) is 2.80. The van der Waals surface area contributed by atoms with Gasteiger partial charge in [0.15, 0.2) is 5.96 Å². The van der Waals surface area contributed by atoms with Gasteiger partial charge in [-0.3, -0.25) is 9.79 Å². The maximum Gasteiger partial charge on any atom is 0.387 e. The summed E-state index contributed by atoms with van der Waals surface area (Å²) < 4.78 is 29.6. The molecule has 0 aliphatic rings. The fraction of sp³-hybridized carbons (Fsp3) is 0.467. The third-order valence-electron chi connectivity index (χ3n) is 3.09. The molecule has 0 spiro atoms. The van der Waals surface area contributed by atoms with E-state index in [2.05, 4.69) is 20.4 Å². The third kappa shape index (κ3) is 7.31. The van der Waals surface area contributed by atoms with E-state index < -0.39 is 6.61 Å². The Morgan fingerprint density at radius 3 is 2.56 bits per heavy atom. The number of nitrogens with zero attached hydrogens (tertiary/aromatic N) is 2. The van der Waals surface area contributed by atoms with Gasteiger partial charge in [-0.2, -0.15) is 8.78 Å². The molecular weight excluding hydrogens is 377 g/mol. The molecule has 0 bridgehead atoms. The first-order valence-electron chi connectivity index (χ1n) is 7.32. The molecule has 1 amide bonds. The van der Waals surface area contributed by atoms with Gasteiger partial charge in [-0.1, -0.05) is 23.2 Å². The van der Waals surface area contributed by atoms with Crippen molar-refractivity contribution in [1.82, 2.24) is 15.5 Å². The third-order valence-corrected chi connectivity index (χ3v) is 3.59. The number of nitrogens with one attached hydrogen (secondary N) is 2. The molecule has 1 aromatic rings. The second-order valence-electron chi connectivity index (χ2n) is 5.15. The minimum atomic E-state index is -3.01. The Morgan fingerprint density at radius 1 is 1.32 bits per heavy atom. The van der Waals surface area contributed by atoms with Crippen LogP contribution in [0.2, 0.25) is 10.0 Å². The van der Waals surface area contributed by atoms with Crippen molar-refractivity contribution in [3.05, 3.63) is 27.7 Å². The molecule has 6 nitrogen and oxygen atoms in total. The molecule has 1 rings (SSSR count). The van der Waals surface area contributed by atoms with E-state index in [0.717, 1.165) is 0 Å². The Morgan fingerprint density at radius 2 is 2.00 bits per heavy atom. The van der Waals surface area contributed by atoms with Crippen molar-refractivity contribution in [2.45, 2.75) is 19.6 Å². The number of amides is 1. The molecule has 0 unspecified atom stereocenters. The molecule has 140 valence electrons. The number of carbonyl (C=O) groups excluding carboxylic acids is 1. The summed E-state index contributed by atoms with van der Waals surface area (Å²) >= 11 is 11.8. The van der Waals surface area contributed by atoms with E-state index in [-0.39, 0.29) is 29.6 Å². The van der Waals surface area contributed by atoms with Crippen LogP contribution in [0.5, 0.6) is 5.75 Å². The summed E-state index contributed by atoms with van der Waals surface area (Å²) in [6.45, 7) is -2.54. The number of carbonyl (C=O) groups is 1. The smallest absolute Gasteiger partial charge is 0.387 e. The lowest BCUT2D eigenvalue weighted by molar-refractivity contribution is -0.128. The van der Waals surface area contributed by atoms with Crippen LogP contribution in [0.15, 0.2) is 17.1 Å². The Labute approximate surface area is 155 Å². The quantitative estimate of drug-likeness (QED) is 0.549. The van der Waals surface area contributed by atoms with Crippen molar-refractivity contribution in [3.8, 4) is 5.75 Å². The van der Waals surface area contributed by atoms with Crippen molar-refractivity contribution < 1.29 is 18.3 Å². The maximum atomic E-state index is 12.5. The van der Waals surface area contributed by atoms with E-state index in [4.69, 9.17) is 23.2 Å². The van der Waals surface area contributed by atoms with E-state index in [1.807, 2.05) is 0 Å². The number of guanidine groups is 1. The molecule has 0 aliphatic carbocycles. The van der Waals surface area contributed by atoms with Gasteiger partial charge in [-0.25, -0.2) is 0 Å². The van der Waals surface area contributed by atoms with E-state index in [1.54, 1.807) is 21.1 Å². The average Bonchev–Trinajstić information content (AvgIpc) is 2.52. The predicted molar refractivity (Wildman–Crippen MR) is 94.6 cm³/mol. The minimum absolute atomic E-state index is 0.0101. The molecule has 0 aromatic heterocycles. The van der Waals surface area contributed by atoms with Crippen molar-refractivity contribution in [1.29, 1.82) is 0 Å². The lowest BCUT2D eigenvalue weighted by Gasteiger charge is -2.16. The van der Waals surface area contributed by atoms with Gasteiger partial charge in [0, 0.05) is 51.2 Å². The number of rotatable bonds is 7.